The minimum Gasteiger partial charge on any atom is -0.466 e. The zero-order valence-electron chi connectivity index (χ0n) is 77.9. The number of carbonyl (C=O) groups excluding carboxylic acids is 19. The van der Waals surface area contributed by atoms with Crippen LogP contribution in [-0.4, -0.2) is 251 Å². The molecular formula is C77H156O39. The van der Waals surface area contributed by atoms with Crippen LogP contribution in [0.5, 0.6) is 0 Å². The highest BCUT2D eigenvalue weighted by molar-refractivity contribution is 5.70. The maximum absolute atomic E-state index is 9.82. The Morgan fingerprint density at radius 2 is 0.138 bits per heavy atom. The molecule has 0 fully saturated rings. The molecule has 0 aliphatic rings. The van der Waals surface area contributed by atoms with Crippen molar-refractivity contribution in [2.75, 3.05) is 133 Å². The zero-order chi connectivity index (χ0) is 96.8. The van der Waals surface area contributed by atoms with Gasteiger partial charge in [-0.2, -0.15) is 0 Å². The molecule has 0 heterocycles. The van der Waals surface area contributed by atoms with Gasteiger partial charge in [0.05, 0.1) is 126 Å². The standard InChI is InChI=1S/19C4H8O2.CH4O/c19*1-3-6-4(2)5;1-2/h19*3H2,1-2H3;2H,1H3. The van der Waals surface area contributed by atoms with Gasteiger partial charge in [0.2, 0.25) is 0 Å². The van der Waals surface area contributed by atoms with Crippen LogP contribution < -0.4 is 0 Å². The molecule has 0 atom stereocenters. The maximum Gasteiger partial charge on any atom is 0.302 e. The molecule has 0 aliphatic carbocycles. The topological polar surface area (TPSA) is 520 Å². The maximum atomic E-state index is 9.82. The van der Waals surface area contributed by atoms with Gasteiger partial charge >= 0.3 is 113 Å². The van der Waals surface area contributed by atoms with Crippen LogP contribution in [0.4, 0.5) is 0 Å². The molecule has 39 heteroatoms. The number of hydrogen-bond acceptors (Lipinski definition) is 39. The van der Waals surface area contributed by atoms with Crippen LogP contribution in [0.2, 0.25) is 0 Å². The van der Waals surface area contributed by atoms with Gasteiger partial charge in [-0.15, -0.1) is 0 Å². The van der Waals surface area contributed by atoms with Crippen LogP contribution in [0, 0.1) is 0 Å². The molecule has 0 saturated heterocycles. The summed E-state index contributed by atoms with van der Waals surface area (Å²) in [6.45, 7) is 69.4. The first-order valence-corrected chi connectivity index (χ1v) is 36.6. The molecule has 0 bridgehead atoms. The molecule has 0 radical (unpaired) electrons. The van der Waals surface area contributed by atoms with Crippen molar-refractivity contribution < 1.29 is 186 Å². The van der Waals surface area contributed by atoms with E-state index < -0.39 is 0 Å². The smallest absolute Gasteiger partial charge is 0.302 e. The fourth-order valence-electron chi connectivity index (χ4n) is 3.86. The fourth-order valence-corrected chi connectivity index (χ4v) is 3.86. The summed E-state index contributed by atoms with van der Waals surface area (Å²) in [5.41, 5.74) is 0. The second-order valence-corrected chi connectivity index (χ2v) is 17.6. The van der Waals surface area contributed by atoms with Crippen LogP contribution in [0.3, 0.4) is 0 Å². The van der Waals surface area contributed by atoms with Crippen molar-refractivity contribution in [1.82, 2.24) is 0 Å². The number of aliphatic hydroxyl groups excluding tert-OH is 1. The largest absolute Gasteiger partial charge is 0.466 e. The van der Waals surface area contributed by atoms with Gasteiger partial charge in [-0.05, 0) is 132 Å². The summed E-state index contributed by atoms with van der Waals surface area (Å²) in [4.78, 5) is 187. The summed E-state index contributed by atoms with van der Waals surface area (Å²) in [5, 5.41) is 7.00. The van der Waals surface area contributed by atoms with Crippen molar-refractivity contribution in [2.45, 2.75) is 263 Å². The van der Waals surface area contributed by atoms with Crippen molar-refractivity contribution in [3.05, 3.63) is 0 Å². The van der Waals surface area contributed by atoms with Gasteiger partial charge in [0.25, 0.3) is 0 Å². The van der Waals surface area contributed by atoms with Crippen molar-refractivity contribution in [2.24, 2.45) is 0 Å². The molecule has 0 spiro atoms. The average molecular weight is 1710 g/mol. The molecule has 0 saturated carbocycles. The second kappa shape index (κ2) is 157. The monoisotopic (exact) mass is 1710 g/mol. The summed E-state index contributed by atoms with van der Waals surface area (Å²) >= 11 is 0. The minimum absolute atomic E-state index is 0.211. The molecule has 0 aromatic rings. The third kappa shape index (κ3) is 500. The first-order chi connectivity index (χ1) is 53.6. The number of ether oxygens (including phenoxy) is 19. The van der Waals surface area contributed by atoms with E-state index >= 15 is 0 Å². The molecule has 116 heavy (non-hydrogen) atoms. The number of aliphatic hydroxyl groups is 1. The molecule has 39 nitrogen and oxygen atoms in total. The predicted molar refractivity (Wildman–Crippen MR) is 432 cm³/mol. The SMILES string of the molecule is CCOC(C)=O.CCOC(C)=O.CCOC(C)=O.CCOC(C)=O.CCOC(C)=O.CCOC(C)=O.CCOC(C)=O.CCOC(C)=O.CCOC(C)=O.CCOC(C)=O.CCOC(C)=O.CCOC(C)=O.CCOC(C)=O.CCOC(C)=O.CCOC(C)=O.CCOC(C)=O.CCOC(C)=O.CCOC(C)=O.CCOC(C)=O.CO. The summed E-state index contributed by atoms with van der Waals surface area (Å²) < 4.78 is 83.7. The summed E-state index contributed by atoms with van der Waals surface area (Å²) in [6, 6.07) is 0. The van der Waals surface area contributed by atoms with Crippen LogP contribution in [0.25, 0.3) is 0 Å². The van der Waals surface area contributed by atoms with E-state index in [0.29, 0.717) is 126 Å². The molecule has 0 aromatic carbocycles. The van der Waals surface area contributed by atoms with Crippen molar-refractivity contribution in [1.29, 1.82) is 0 Å². The van der Waals surface area contributed by atoms with E-state index in [-0.39, 0.29) is 113 Å². The van der Waals surface area contributed by atoms with Crippen LogP contribution >= 0.6 is 0 Å². The lowest BCUT2D eigenvalue weighted by atomic mass is 10.8. The number of rotatable bonds is 19. The van der Waals surface area contributed by atoms with Gasteiger partial charge in [-0.25, -0.2) is 0 Å². The fraction of sp³-hybridized carbons (Fsp3) is 0.753. The van der Waals surface area contributed by atoms with E-state index in [1.54, 1.807) is 132 Å². The Labute approximate surface area is 693 Å². The number of hydrogen-bond donors (Lipinski definition) is 1. The number of esters is 19. The van der Waals surface area contributed by atoms with E-state index in [1.807, 2.05) is 0 Å². The molecule has 698 valence electrons. The second-order valence-electron chi connectivity index (χ2n) is 17.6. The molecule has 0 unspecified atom stereocenters. The molecule has 1 N–H and O–H groups in total. The van der Waals surface area contributed by atoms with Gasteiger partial charge < -0.3 is 95.1 Å². The Morgan fingerprint density at radius 3 is 0.138 bits per heavy atom. The average Bonchev–Trinajstić information content (AvgIpc) is 3.56. The third-order valence-electron chi connectivity index (χ3n) is 6.60. The quantitative estimate of drug-likeness (QED) is 0.0927. The van der Waals surface area contributed by atoms with Gasteiger partial charge in [0, 0.05) is 139 Å². The zero-order valence-corrected chi connectivity index (χ0v) is 77.9. The predicted octanol–water partition coefficient (Wildman–Crippen LogP) is 10.4. The van der Waals surface area contributed by atoms with E-state index in [2.05, 4.69) is 90.0 Å². The Balaban J connectivity index is -0.0000000465. The summed E-state index contributed by atoms with van der Waals surface area (Å²) in [5.74, 6) is -4.00. The summed E-state index contributed by atoms with van der Waals surface area (Å²) in [7, 11) is 1.00. The van der Waals surface area contributed by atoms with E-state index in [1.165, 1.54) is 132 Å². The Hall–Kier alpha value is -10.1. The van der Waals surface area contributed by atoms with Gasteiger partial charge in [0.1, 0.15) is 0 Å². The van der Waals surface area contributed by atoms with Crippen molar-refractivity contribution >= 4 is 113 Å². The van der Waals surface area contributed by atoms with Crippen LogP contribution in [0.15, 0.2) is 0 Å². The Kier molecular flexibility index (Phi) is 214. The van der Waals surface area contributed by atoms with E-state index in [0.717, 1.165) is 7.11 Å². The summed E-state index contributed by atoms with van der Waals surface area (Å²) in [6.07, 6.45) is 0. The van der Waals surface area contributed by atoms with Gasteiger partial charge in [0.15, 0.2) is 0 Å². The van der Waals surface area contributed by atoms with E-state index in [9.17, 15) is 91.1 Å². The number of carbonyl (C=O) groups is 19. The molecule has 0 aromatic heterocycles. The highest BCUT2D eigenvalue weighted by atomic mass is 16.6. The minimum atomic E-state index is -0.211. The van der Waals surface area contributed by atoms with Crippen LogP contribution in [-0.2, 0) is 181 Å². The first kappa shape index (κ1) is 158. The van der Waals surface area contributed by atoms with Crippen LogP contribution in [0.1, 0.15) is 263 Å². The van der Waals surface area contributed by atoms with Crippen molar-refractivity contribution in [3.63, 3.8) is 0 Å². The van der Waals surface area contributed by atoms with Gasteiger partial charge in [-0.1, -0.05) is 0 Å². The highest BCUT2D eigenvalue weighted by Gasteiger charge is 1.91. The normalized spacial score (nSPS) is 7.59. The Morgan fingerprint density at radius 1 is 0.112 bits per heavy atom. The third-order valence-corrected chi connectivity index (χ3v) is 6.60. The molecular weight excluding hydrogens is 1550 g/mol. The molecule has 0 aliphatic heterocycles. The molecule has 0 amide bonds. The van der Waals surface area contributed by atoms with Gasteiger partial charge in [-0.3, -0.25) is 91.1 Å². The molecule has 0 rings (SSSR count). The Bertz CT molecular complexity index is 1590. The van der Waals surface area contributed by atoms with E-state index in [4.69, 9.17) is 5.11 Å². The first-order valence-electron chi connectivity index (χ1n) is 36.6. The van der Waals surface area contributed by atoms with Crippen molar-refractivity contribution in [3.8, 4) is 0 Å². The lowest BCUT2D eigenvalue weighted by Gasteiger charge is -1.89. The lowest BCUT2D eigenvalue weighted by Crippen LogP contribution is -1.95. The lowest BCUT2D eigenvalue weighted by molar-refractivity contribution is -0.141. The highest BCUT2D eigenvalue weighted by Crippen LogP contribution is 1.79.